The number of hydrogen-bond donors (Lipinski definition) is 0. The predicted octanol–water partition coefficient (Wildman–Crippen LogP) is 3.23. The van der Waals surface area contributed by atoms with Crippen LogP contribution in [0.1, 0.15) is 13.8 Å². The molecule has 1 unspecified atom stereocenters. The molecule has 0 fully saturated rings. The summed E-state index contributed by atoms with van der Waals surface area (Å²) in [6.07, 6.45) is 2.10. The molecule has 1 atom stereocenters. The molecule has 0 amide bonds. The highest BCUT2D eigenvalue weighted by atomic mass is 32.2. The van der Waals surface area contributed by atoms with Gasteiger partial charge in [0.15, 0.2) is 0 Å². The van der Waals surface area contributed by atoms with E-state index in [1.807, 2.05) is 0 Å². The van der Waals surface area contributed by atoms with Crippen LogP contribution >= 0.6 is 11.8 Å². The maximum Gasteiger partial charge on any atom is 0.0786 e. The van der Waals surface area contributed by atoms with Crippen LogP contribution in [0, 0.1) is 5.92 Å². The number of thioether (sulfide) groups is 1. The highest BCUT2D eigenvalue weighted by molar-refractivity contribution is 8.02. The first-order valence-electron chi connectivity index (χ1n) is 4.37. The minimum Gasteiger partial charge on any atom is -0.343 e. The quantitative estimate of drug-likeness (QED) is 0.665. The average Bonchev–Trinajstić information content (AvgIpc) is 2.29. The molecule has 72 valence electrons. The molecule has 1 rings (SSSR count). The summed E-state index contributed by atoms with van der Waals surface area (Å²) >= 11 is 1.77. The van der Waals surface area contributed by atoms with E-state index in [9.17, 15) is 0 Å². The van der Waals surface area contributed by atoms with Gasteiger partial charge in [-0.05, 0) is 18.8 Å². The van der Waals surface area contributed by atoms with Crippen LogP contribution < -0.4 is 0 Å². The third-order valence-electron chi connectivity index (χ3n) is 2.55. The maximum atomic E-state index is 4.08. The fourth-order valence-electron chi connectivity index (χ4n) is 1.75. The van der Waals surface area contributed by atoms with Gasteiger partial charge in [0.2, 0.25) is 0 Å². The monoisotopic (exact) mass is 195 g/mol. The van der Waals surface area contributed by atoms with Crippen molar-refractivity contribution < 1.29 is 0 Å². The van der Waals surface area contributed by atoms with E-state index in [0.29, 0.717) is 5.92 Å². The highest BCUT2D eigenvalue weighted by Crippen LogP contribution is 2.41. The molecule has 0 N–H and O–H groups in total. The van der Waals surface area contributed by atoms with Crippen LogP contribution in [-0.2, 0) is 0 Å². The van der Waals surface area contributed by atoms with Crippen molar-refractivity contribution >= 4 is 11.8 Å². The van der Waals surface area contributed by atoms with Crippen LogP contribution in [0.4, 0.5) is 0 Å². The highest BCUT2D eigenvalue weighted by Gasteiger charge is 2.29. The molecule has 0 aromatic carbocycles. The van der Waals surface area contributed by atoms with Crippen molar-refractivity contribution in [2.45, 2.75) is 13.8 Å². The van der Waals surface area contributed by atoms with Crippen LogP contribution in [0.25, 0.3) is 0 Å². The summed E-state index contributed by atoms with van der Waals surface area (Å²) < 4.78 is 0. The standard InChI is InChI=1S/C11H17NS/c1-7(2)10-8(3)9(4)12(5)11(10)13-6/h8H,1,4H2,2-3,5-6H3. The first-order valence-corrected chi connectivity index (χ1v) is 5.59. The van der Waals surface area contributed by atoms with Crippen molar-refractivity contribution in [3.8, 4) is 0 Å². The zero-order chi connectivity index (χ0) is 10.2. The van der Waals surface area contributed by atoms with Gasteiger partial charge in [0.25, 0.3) is 0 Å². The van der Waals surface area contributed by atoms with Gasteiger partial charge >= 0.3 is 0 Å². The lowest BCUT2D eigenvalue weighted by atomic mass is 9.97. The third-order valence-corrected chi connectivity index (χ3v) is 3.43. The topological polar surface area (TPSA) is 3.24 Å². The lowest BCUT2D eigenvalue weighted by Gasteiger charge is -2.16. The molecule has 0 saturated heterocycles. The Bertz CT molecular complexity index is 288. The van der Waals surface area contributed by atoms with Crippen molar-refractivity contribution in [2.75, 3.05) is 13.3 Å². The van der Waals surface area contributed by atoms with Crippen LogP contribution in [0.2, 0.25) is 0 Å². The Kier molecular flexibility index (Phi) is 2.91. The second-order valence-corrected chi connectivity index (χ2v) is 4.27. The third kappa shape index (κ3) is 1.55. The van der Waals surface area contributed by atoms with Crippen molar-refractivity contribution in [3.63, 3.8) is 0 Å². The minimum absolute atomic E-state index is 0.421. The molecule has 1 aliphatic rings. The summed E-state index contributed by atoms with van der Waals surface area (Å²) in [6, 6.07) is 0. The maximum absolute atomic E-state index is 4.08. The van der Waals surface area contributed by atoms with E-state index in [-0.39, 0.29) is 0 Å². The molecule has 1 aliphatic heterocycles. The SMILES string of the molecule is C=C(C)C1=C(SC)N(C)C(=C)C1C. The molecule has 0 aromatic rings. The van der Waals surface area contributed by atoms with Gasteiger partial charge in [-0.25, -0.2) is 0 Å². The lowest BCUT2D eigenvalue weighted by Crippen LogP contribution is -2.10. The van der Waals surface area contributed by atoms with E-state index in [4.69, 9.17) is 0 Å². The Hall–Kier alpha value is -0.630. The first kappa shape index (κ1) is 10.5. The molecular formula is C11H17NS. The normalized spacial score (nSPS) is 22.9. The van der Waals surface area contributed by atoms with E-state index in [0.717, 1.165) is 5.57 Å². The summed E-state index contributed by atoms with van der Waals surface area (Å²) in [5.74, 6) is 0.421. The smallest absolute Gasteiger partial charge is 0.0786 e. The van der Waals surface area contributed by atoms with Crippen molar-refractivity contribution in [2.24, 2.45) is 5.92 Å². The minimum atomic E-state index is 0.421. The van der Waals surface area contributed by atoms with E-state index < -0.39 is 0 Å². The summed E-state index contributed by atoms with van der Waals surface area (Å²) in [4.78, 5) is 2.17. The van der Waals surface area contributed by atoms with Crippen LogP contribution in [-0.4, -0.2) is 18.2 Å². The van der Waals surface area contributed by atoms with Crippen LogP contribution in [0.5, 0.6) is 0 Å². The predicted molar refractivity (Wildman–Crippen MR) is 61.4 cm³/mol. The zero-order valence-electron chi connectivity index (χ0n) is 8.85. The molecule has 0 radical (unpaired) electrons. The molecule has 0 spiro atoms. The van der Waals surface area contributed by atoms with Gasteiger partial charge in [0, 0.05) is 18.7 Å². The summed E-state index contributed by atoms with van der Waals surface area (Å²) in [7, 11) is 2.07. The first-order chi connectivity index (χ1) is 6.00. The Balaban J connectivity index is 3.16. The molecule has 1 heterocycles. The summed E-state index contributed by atoms with van der Waals surface area (Å²) in [5.41, 5.74) is 3.67. The summed E-state index contributed by atoms with van der Waals surface area (Å²) in [5, 5.41) is 1.30. The van der Waals surface area contributed by atoms with Gasteiger partial charge in [-0.3, -0.25) is 0 Å². The van der Waals surface area contributed by atoms with Gasteiger partial charge in [0.05, 0.1) is 5.03 Å². The fourth-order valence-corrected chi connectivity index (χ4v) is 2.71. The lowest BCUT2D eigenvalue weighted by molar-refractivity contribution is 0.544. The Labute approximate surface area is 85.2 Å². The summed E-state index contributed by atoms with van der Waals surface area (Å²) in [6.45, 7) is 12.3. The molecule has 13 heavy (non-hydrogen) atoms. The van der Waals surface area contributed by atoms with Crippen molar-refractivity contribution in [3.05, 3.63) is 35.0 Å². The van der Waals surface area contributed by atoms with E-state index >= 15 is 0 Å². The second kappa shape index (κ2) is 3.62. The van der Waals surface area contributed by atoms with Crippen molar-refractivity contribution in [1.29, 1.82) is 0 Å². The largest absolute Gasteiger partial charge is 0.343 e. The Morgan fingerprint density at radius 1 is 1.54 bits per heavy atom. The molecule has 0 saturated carbocycles. The molecule has 0 bridgehead atoms. The second-order valence-electron chi connectivity index (χ2n) is 3.48. The van der Waals surface area contributed by atoms with E-state index in [1.165, 1.54) is 16.3 Å². The van der Waals surface area contributed by atoms with Gasteiger partial charge in [-0.15, -0.1) is 11.8 Å². The van der Waals surface area contributed by atoms with Gasteiger partial charge in [-0.1, -0.05) is 25.7 Å². The van der Waals surface area contributed by atoms with Gasteiger partial charge < -0.3 is 4.90 Å². The number of nitrogens with zero attached hydrogens (tertiary/aromatic N) is 1. The number of hydrogen-bond acceptors (Lipinski definition) is 2. The van der Waals surface area contributed by atoms with E-state index in [2.05, 4.69) is 45.2 Å². The zero-order valence-corrected chi connectivity index (χ0v) is 9.66. The van der Waals surface area contributed by atoms with Crippen molar-refractivity contribution in [1.82, 2.24) is 4.90 Å². The Morgan fingerprint density at radius 3 is 2.38 bits per heavy atom. The number of allylic oxidation sites excluding steroid dienone is 2. The fraction of sp³-hybridized carbons (Fsp3) is 0.455. The van der Waals surface area contributed by atoms with Crippen LogP contribution in [0.3, 0.4) is 0 Å². The number of rotatable bonds is 2. The average molecular weight is 195 g/mol. The molecular weight excluding hydrogens is 178 g/mol. The van der Waals surface area contributed by atoms with Gasteiger partial charge in [-0.2, -0.15) is 0 Å². The molecule has 0 aliphatic carbocycles. The molecule has 0 aromatic heterocycles. The Morgan fingerprint density at radius 2 is 2.08 bits per heavy atom. The molecule has 1 nitrogen and oxygen atoms in total. The van der Waals surface area contributed by atoms with Gasteiger partial charge in [0.1, 0.15) is 0 Å². The van der Waals surface area contributed by atoms with Crippen LogP contribution in [0.15, 0.2) is 35.0 Å². The van der Waals surface area contributed by atoms with E-state index in [1.54, 1.807) is 11.8 Å². The molecule has 2 heteroatoms.